The molecule has 10 heteroatoms. The van der Waals surface area contributed by atoms with Crippen molar-refractivity contribution < 1.29 is 34.1 Å². The van der Waals surface area contributed by atoms with Gasteiger partial charge in [0.1, 0.15) is 13.2 Å². The van der Waals surface area contributed by atoms with E-state index in [0.29, 0.717) is 0 Å². The number of carboxylic acid groups (broad SMARTS) is 1. The van der Waals surface area contributed by atoms with Crippen LogP contribution >= 0.6 is 0 Å². The summed E-state index contributed by atoms with van der Waals surface area (Å²) in [4.78, 5) is 48.5. The fourth-order valence-corrected chi connectivity index (χ4v) is 4.33. The number of fused-ring (bicyclic) bond motifs is 3. The van der Waals surface area contributed by atoms with Crippen LogP contribution in [-0.2, 0) is 19.1 Å². The predicted molar refractivity (Wildman–Crippen MR) is 120 cm³/mol. The third kappa shape index (κ3) is 4.72. The van der Waals surface area contributed by atoms with E-state index < -0.39 is 29.5 Å². The number of rotatable bonds is 7. The fourth-order valence-electron chi connectivity index (χ4n) is 4.33. The summed E-state index contributed by atoms with van der Waals surface area (Å²) < 4.78 is 5.35. The Morgan fingerprint density at radius 3 is 2.18 bits per heavy atom. The van der Waals surface area contributed by atoms with E-state index in [9.17, 15) is 24.3 Å². The van der Waals surface area contributed by atoms with Crippen LogP contribution in [0.2, 0.25) is 0 Å². The molecule has 34 heavy (non-hydrogen) atoms. The zero-order chi connectivity index (χ0) is 24.3. The van der Waals surface area contributed by atoms with E-state index >= 15 is 0 Å². The molecule has 0 aromatic heterocycles. The fraction of sp³-hybridized carbons (Fsp3) is 0.333. The van der Waals surface area contributed by atoms with Gasteiger partial charge in [-0.05, 0) is 22.3 Å². The van der Waals surface area contributed by atoms with Crippen LogP contribution < -0.4 is 10.6 Å². The maximum Gasteiger partial charge on any atom is 0.407 e. The maximum atomic E-state index is 12.1. The number of benzene rings is 2. The number of aliphatic carboxylic acids is 1. The molecule has 1 fully saturated rings. The van der Waals surface area contributed by atoms with Crippen LogP contribution in [0.5, 0.6) is 0 Å². The Kier molecular flexibility index (Phi) is 6.51. The van der Waals surface area contributed by atoms with Gasteiger partial charge in [0, 0.05) is 18.9 Å². The molecule has 1 aliphatic carbocycles. The minimum Gasteiger partial charge on any atom is -0.479 e. The number of carbonyl (C=O) groups is 4. The summed E-state index contributed by atoms with van der Waals surface area (Å²) in [5.74, 6) is -2.62. The van der Waals surface area contributed by atoms with Crippen molar-refractivity contribution in [3.8, 4) is 11.1 Å². The van der Waals surface area contributed by atoms with Gasteiger partial charge in [-0.2, -0.15) is 0 Å². The number of β-amino-alcohol motifs (C(OH)–C–C–N with tert-alkyl or cyclic N) is 1. The minimum atomic E-state index is -1.97. The molecule has 2 aliphatic rings. The van der Waals surface area contributed by atoms with Crippen LogP contribution in [-0.4, -0.2) is 77.4 Å². The summed E-state index contributed by atoms with van der Waals surface area (Å²) in [6, 6.07) is 15.9. The molecule has 1 unspecified atom stereocenters. The van der Waals surface area contributed by atoms with Crippen molar-refractivity contribution in [2.45, 2.75) is 17.9 Å². The van der Waals surface area contributed by atoms with Crippen LogP contribution in [0.25, 0.3) is 11.1 Å². The quantitative estimate of drug-likeness (QED) is 0.469. The Bertz CT molecular complexity index is 1090. The van der Waals surface area contributed by atoms with Crippen molar-refractivity contribution in [3.05, 3.63) is 59.7 Å². The lowest BCUT2D eigenvalue weighted by atomic mass is 9.98. The van der Waals surface area contributed by atoms with E-state index in [1.807, 2.05) is 48.5 Å². The second-order valence-electron chi connectivity index (χ2n) is 8.36. The van der Waals surface area contributed by atoms with Gasteiger partial charge in [0.2, 0.25) is 11.8 Å². The highest BCUT2D eigenvalue weighted by atomic mass is 16.5. The zero-order valence-electron chi connectivity index (χ0n) is 18.3. The summed E-state index contributed by atoms with van der Waals surface area (Å²) in [6.07, 6.45) is -0.833. The van der Waals surface area contributed by atoms with Crippen LogP contribution in [0.15, 0.2) is 48.5 Å². The van der Waals surface area contributed by atoms with Crippen LogP contribution in [0, 0.1) is 0 Å². The Morgan fingerprint density at radius 1 is 0.971 bits per heavy atom. The standard InChI is InChI=1S/C24H25N3O7/c28-20(25-12-21(29)27-10-9-24(33,14-27)22(30)31)11-26-23(32)34-13-19-17-7-3-1-5-15(17)16-6-2-4-8-18(16)19/h1-8,19,33H,9-14H2,(H,25,28)(H,26,32)(H,30,31). The van der Waals surface area contributed by atoms with Crippen LogP contribution in [0.1, 0.15) is 23.5 Å². The van der Waals surface area contributed by atoms with Gasteiger partial charge in [0.05, 0.1) is 13.1 Å². The number of hydrogen-bond donors (Lipinski definition) is 4. The highest BCUT2D eigenvalue weighted by Crippen LogP contribution is 2.44. The first-order valence-corrected chi connectivity index (χ1v) is 10.9. The smallest absolute Gasteiger partial charge is 0.407 e. The molecule has 1 saturated heterocycles. The molecule has 3 amide bonds. The number of aliphatic hydroxyl groups is 1. The van der Waals surface area contributed by atoms with E-state index in [-0.39, 0.29) is 45.1 Å². The van der Waals surface area contributed by atoms with E-state index in [2.05, 4.69) is 10.6 Å². The van der Waals surface area contributed by atoms with Crippen molar-refractivity contribution in [3.63, 3.8) is 0 Å². The zero-order valence-corrected chi connectivity index (χ0v) is 18.3. The van der Waals surface area contributed by atoms with Gasteiger partial charge in [-0.25, -0.2) is 9.59 Å². The van der Waals surface area contributed by atoms with Crippen molar-refractivity contribution >= 4 is 23.9 Å². The first kappa shape index (κ1) is 23.2. The average molecular weight is 467 g/mol. The molecule has 4 N–H and O–H groups in total. The molecule has 0 bridgehead atoms. The molecule has 178 valence electrons. The van der Waals surface area contributed by atoms with Crippen molar-refractivity contribution in [2.75, 3.05) is 32.8 Å². The normalized spacial score (nSPS) is 18.7. The number of carbonyl (C=O) groups excluding carboxylic acids is 3. The number of ether oxygens (including phenoxy) is 1. The first-order valence-electron chi connectivity index (χ1n) is 10.9. The SMILES string of the molecule is O=C(CNC(=O)OCC1c2ccccc2-c2ccccc21)NCC(=O)N1CCC(O)(C(=O)O)C1. The lowest BCUT2D eigenvalue weighted by Crippen LogP contribution is -2.46. The van der Waals surface area contributed by atoms with E-state index in [4.69, 9.17) is 9.84 Å². The molecule has 2 aromatic carbocycles. The predicted octanol–water partition coefficient (Wildman–Crippen LogP) is 0.689. The third-order valence-electron chi connectivity index (χ3n) is 6.17. The molecule has 1 heterocycles. The van der Waals surface area contributed by atoms with Gasteiger partial charge in [0.15, 0.2) is 5.60 Å². The van der Waals surface area contributed by atoms with Crippen molar-refractivity contribution in [1.82, 2.24) is 15.5 Å². The molecule has 4 rings (SSSR count). The highest BCUT2D eigenvalue weighted by molar-refractivity contribution is 5.88. The molecule has 0 spiro atoms. The molecular formula is C24H25N3O7. The van der Waals surface area contributed by atoms with Gasteiger partial charge < -0.3 is 30.5 Å². The van der Waals surface area contributed by atoms with Crippen molar-refractivity contribution in [2.24, 2.45) is 0 Å². The number of likely N-dealkylation sites (tertiary alicyclic amines) is 1. The second-order valence-corrected chi connectivity index (χ2v) is 8.36. The summed E-state index contributed by atoms with van der Waals surface area (Å²) in [6.45, 7) is -0.907. The van der Waals surface area contributed by atoms with E-state index in [0.717, 1.165) is 22.3 Å². The molecule has 10 nitrogen and oxygen atoms in total. The van der Waals surface area contributed by atoms with Gasteiger partial charge in [-0.3, -0.25) is 9.59 Å². The molecule has 0 radical (unpaired) electrons. The summed E-state index contributed by atoms with van der Waals surface area (Å²) in [7, 11) is 0. The topological polar surface area (TPSA) is 145 Å². The molecular weight excluding hydrogens is 442 g/mol. The summed E-state index contributed by atoms with van der Waals surface area (Å²) in [5.41, 5.74) is 2.39. The molecule has 1 aliphatic heterocycles. The van der Waals surface area contributed by atoms with Gasteiger partial charge in [-0.15, -0.1) is 0 Å². The Morgan fingerprint density at radius 2 is 1.59 bits per heavy atom. The van der Waals surface area contributed by atoms with E-state index in [1.54, 1.807) is 0 Å². The van der Waals surface area contributed by atoms with Crippen molar-refractivity contribution in [1.29, 1.82) is 0 Å². The third-order valence-corrected chi connectivity index (χ3v) is 6.17. The monoisotopic (exact) mass is 467 g/mol. The van der Waals surface area contributed by atoms with Gasteiger partial charge >= 0.3 is 12.1 Å². The Balaban J connectivity index is 1.21. The van der Waals surface area contributed by atoms with Gasteiger partial charge in [-0.1, -0.05) is 48.5 Å². The number of amides is 3. The average Bonchev–Trinajstić information content (AvgIpc) is 3.39. The lowest BCUT2D eigenvalue weighted by Gasteiger charge is -2.19. The molecule has 2 aromatic rings. The first-order chi connectivity index (χ1) is 16.3. The van der Waals surface area contributed by atoms with Crippen LogP contribution in [0.4, 0.5) is 4.79 Å². The lowest BCUT2D eigenvalue weighted by molar-refractivity contribution is -0.157. The number of hydrogen-bond acceptors (Lipinski definition) is 6. The Hall–Kier alpha value is -3.92. The minimum absolute atomic E-state index is 0.0780. The largest absolute Gasteiger partial charge is 0.479 e. The number of nitrogens with zero attached hydrogens (tertiary/aromatic N) is 1. The summed E-state index contributed by atoms with van der Waals surface area (Å²) in [5, 5.41) is 23.6. The number of alkyl carbamates (subject to hydrolysis) is 1. The second kappa shape index (κ2) is 9.52. The number of carboxylic acids is 1. The molecule has 0 saturated carbocycles. The maximum absolute atomic E-state index is 12.1. The van der Waals surface area contributed by atoms with E-state index in [1.165, 1.54) is 4.90 Å². The Labute approximate surface area is 195 Å². The number of nitrogens with one attached hydrogen (secondary N) is 2. The summed E-state index contributed by atoms with van der Waals surface area (Å²) >= 11 is 0. The van der Waals surface area contributed by atoms with Crippen LogP contribution in [0.3, 0.4) is 0 Å². The van der Waals surface area contributed by atoms with Gasteiger partial charge in [0.25, 0.3) is 0 Å². The highest BCUT2D eigenvalue weighted by Gasteiger charge is 2.44. The molecule has 1 atom stereocenters.